The van der Waals surface area contributed by atoms with Gasteiger partial charge in [0.25, 0.3) is 0 Å². The van der Waals surface area contributed by atoms with Crippen molar-refractivity contribution in [2.24, 2.45) is 11.8 Å². The van der Waals surface area contributed by atoms with Gasteiger partial charge in [-0.2, -0.15) is 0 Å². The van der Waals surface area contributed by atoms with Gasteiger partial charge in [-0.15, -0.1) is 0 Å². The average molecular weight is 278 g/mol. The monoisotopic (exact) mass is 278 g/mol. The molecule has 0 aromatic carbocycles. The Morgan fingerprint density at radius 1 is 0.900 bits per heavy atom. The molecule has 2 saturated carbocycles. The Bertz CT molecular complexity index is 279. The van der Waals surface area contributed by atoms with E-state index in [0.29, 0.717) is 0 Å². The summed E-state index contributed by atoms with van der Waals surface area (Å²) in [6, 6.07) is 1.57. The lowest BCUT2D eigenvalue weighted by Gasteiger charge is -2.35. The molecule has 3 fully saturated rings. The van der Waals surface area contributed by atoms with E-state index in [1.807, 2.05) is 0 Å². The highest BCUT2D eigenvalue weighted by Gasteiger charge is 2.30. The van der Waals surface area contributed by atoms with E-state index < -0.39 is 0 Å². The zero-order valence-electron chi connectivity index (χ0n) is 13.4. The highest BCUT2D eigenvalue weighted by molar-refractivity contribution is 4.88. The van der Waals surface area contributed by atoms with Crippen LogP contribution in [0, 0.1) is 11.8 Å². The van der Waals surface area contributed by atoms with Crippen LogP contribution in [-0.2, 0) is 0 Å². The fraction of sp³-hybridized carbons (Fsp3) is 1.00. The molecule has 3 aliphatic rings. The van der Waals surface area contributed by atoms with Gasteiger partial charge in [-0.3, -0.25) is 4.90 Å². The second-order valence-electron chi connectivity index (χ2n) is 7.70. The van der Waals surface area contributed by atoms with E-state index in [1.165, 1.54) is 83.8 Å². The maximum atomic E-state index is 3.89. The summed E-state index contributed by atoms with van der Waals surface area (Å²) in [6.07, 6.45) is 14.7. The van der Waals surface area contributed by atoms with Gasteiger partial charge >= 0.3 is 0 Å². The minimum absolute atomic E-state index is 0.779. The van der Waals surface area contributed by atoms with Crippen LogP contribution in [0.1, 0.15) is 71.1 Å². The smallest absolute Gasteiger partial charge is 0.0223 e. The molecule has 3 rings (SSSR count). The lowest BCUT2D eigenvalue weighted by molar-refractivity contribution is 0.150. The molecular weight excluding hydrogens is 244 g/mol. The summed E-state index contributed by atoms with van der Waals surface area (Å²) < 4.78 is 0. The van der Waals surface area contributed by atoms with Gasteiger partial charge in [0, 0.05) is 25.2 Å². The second-order valence-corrected chi connectivity index (χ2v) is 7.70. The van der Waals surface area contributed by atoms with Crippen molar-refractivity contribution in [1.82, 2.24) is 10.2 Å². The van der Waals surface area contributed by atoms with E-state index in [0.717, 1.165) is 23.9 Å². The SMILES string of the molecule is CC1CCNC(C2CCCCC2)CN1CC1CCCC1. The maximum absolute atomic E-state index is 3.89. The fourth-order valence-electron chi connectivity index (χ4n) is 4.79. The van der Waals surface area contributed by atoms with Gasteiger partial charge < -0.3 is 5.32 Å². The van der Waals surface area contributed by atoms with Crippen LogP contribution >= 0.6 is 0 Å². The van der Waals surface area contributed by atoms with E-state index in [4.69, 9.17) is 0 Å². The summed E-state index contributed by atoms with van der Waals surface area (Å²) in [4.78, 5) is 2.84. The zero-order valence-corrected chi connectivity index (χ0v) is 13.4. The average Bonchev–Trinajstić information content (AvgIpc) is 2.92. The predicted molar refractivity (Wildman–Crippen MR) is 86.0 cm³/mol. The second kappa shape index (κ2) is 7.26. The molecule has 20 heavy (non-hydrogen) atoms. The summed E-state index contributed by atoms with van der Waals surface area (Å²) in [7, 11) is 0. The number of hydrogen-bond acceptors (Lipinski definition) is 2. The summed E-state index contributed by atoms with van der Waals surface area (Å²) in [6.45, 7) is 6.40. The van der Waals surface area contributed by atoms with E-state index >= 15 is 0 Å². The van der Waals surface area contributed by atoms with Crippen LogP contribution in [0.2, 0.25) is 0 Å². The van der Waals surface area contributed by atoms with Crippen LogP contribution in [-0.4, -0.2) is 36.6 Å². The van der Waals surface area contributed by atoms with Gasteiger partial charge in [0.15, 0.2) is 0 Å². The Hall–Kier alpha value is -0.0800. The summed E-state index contributed by atoms with van der Waals surface area (Å²) in [5.74, 6) is 1.96. The number of rotatable bonds is 3. The van der Waals surface area contributed by atoms with Crippen LogP contribution in [0.15, 0.2) is 0 Å². The number of hydrogen-bond donors (Lipinski definition) is 1. The largest absolute Gasteiger partial charge is 0.312 e. The van der Waals surface area contributed by atoms with Crippen LogP contribution in [0.5, 0.6) is 0 Å². The van der Waals surface area contributed by atoms with Crippen LogP contribution in [0.25, 0.3) is 0 Å². The molecular formula is C18H34N2. The Kier molecular flexibility index (Phi) is 5.39. The molecule has 2 nitrogen and oxygen atoms in total. The molecule has 1 N–H and O–H groups in total. The minimum atomic E-state index is 0.779. The van der Waals surface area contributed by atoms with Gasteiger partial charge in [0.05, 0.1) is 0 Å². The van der Waals surface area contributed by atoms with Gasteiger partial charge in [-0.1, -0.05) is 32.1 Å². The third kappa shape index (κ3) is 3.76. The van der Waals surface area contributed by atoms with Crippen LogP contribution in [0.3, 0.4) is 0 Å². The molecule has 0 aromatic heterocycles. The van der Waals surface area contributed by atoms with Crippen molar-refractivity contribution in [1.29, 1.82) is 0 Å². The van der Waals surface area contributed by atoms with Crippen LogP contribution in [0.4, 0.5) is 0 Å². The number of nitrogens with zero attached hydrogens (tertiary/aromatic N) is 1. The van der Waals surface area contributed by atoms with Crippen molar-refractivity contribution in [2.45, 2.75) is 83.2 Å². The first-order valence-electron chi connectivity index (χ1n) is 9.30. The summed E-state index contributed by atoms with van der Waals surface area (Å²) in [5, 5.41) is 3.89. The molecule has 1 saturated heterocycles. The Morgan fingerprint density at radius 3 is 2.35 bits per heavy atom. The highest BCUT2D eigenvalue weighted by atomic mass is 15.2. The van der Waals surface area contributed by atoms with Crippen molar-refractivity contribution in [3.05, 3.63) is 0 Å². The Morgan fingerprint density at radius 2 is 1.60 bits per heavy atom. The van der Waals surface area contributed by atoms with Gasteiger partial charge in [0.2, 0.25) is 0 Å². The maximum Gasteiger partial charge on any atom is 0.0223 e. The van der Waals surface area contributed by atoms with Crippen molar-refractivity contribution in [3.8, 4) is 0 Å². The Labute approximate surface area is 125 Å². The molecule has 0 spiro atoms. The molecule has 2 atom stereocenters. The van der Waals surface area contributed by atoms with Gasteiger partial charge in [-0.25, -0.2) is 0 Å². The number of nitrogens with one attached hydrogen (secondary N) is 1. The van der Waals surface area contributed by atoms with Gasteiger partial charge in [-0.05, 0) is 57.4 Å². The van der Waals surface area contributed by atoms with Gasteiger partial charge in [0.1, 0.15) is 0 Å². The molecule has 2 unspecified atom stereocenters. The third-order valence-electron chi connectivity index (χ3n) is 6.21. The molecule has 1 heterocycles. The van der Waals surface area contributed by atoms with Crippen LogP contribution < -0.4 is 5.32 Å². The van der Waals surface area contributed by atoms with Crippen molar-refractivity contribution >= 4 is 0 Å². The molecule has 2 aliphatic carbocycles. The van der Waals surface area contributed by atoms with E-state index in [2.05, 4.69) is 17.1 Å². The van der Waals surface area contributed by atoms with Crippen molar-refractivity contribution in [3.63, 3.8) is 0 Å². The Balaban J connectivity index is 1.58. The highest BCUT2D eigenvalue weighted by Crippen LogP contribution is 2.30. The quantitative estimate of drug-likeness (QED) is 0.844. The molecule has 1 aliphatic heterocycles. The van der Waals surface area contributed by atoms with Crippen molar-refractivity contribution < 1.29 is 0 Å². The summed E-state index contributed by atoms with van der Waals surface area (Å²) in [5.41, 5.74) is 0. The summed E-state index contributed by atoms with van der Waals surface area (Å²) >= 11 is 0. The minimum Gasteiger partial charge on any atom is -0.312 e. The molecule has 116 valence electrons. The van der Waals surface area contributed by atoms with E-state index in [-0.39, 0.29) is 0 Å². The topological polar surface area (TPSA) is 15.3 Å². The fourth-order valence-corrected chi connectivity index (χ4v) is 4.79. The zero-order chi connectivity index (χ0) is 13.8. The predicted octanol–water partition coefficient (Wildman–Crippen LogP) is 3.81. The first-order valence-corrected chi connectivity index (χ1v) is 9.30. The third-order valence-corrected chi connectivity index (χ3v) is 6.21. The molecule has 0 aromatic rings. The van der Waals surface area contributed by atoms with E-state index in [1.54, 1.807) is 0 Å². The first kappa shape index (κ1) is 14.8. The molecule has 2 heteroatoms. The molecule has 0 bridgehead atoms. The lowest BCUT2D eigenvalue weighted by atomic mass is 9.83. The van der Waals surface area contributed by atoms with Crippen molar-refractivity contribution in [2.75, 3.05) is 19.6 Å². The lowest BCUT2D eigenvalue weighted by Crippen LogP contribution is -2.46. The standard InChI is InChI=1S/C18H34N2/c1-15-11-12-19-18(17-9-3-2-4-10-17)14-20(15)13-16-7-5-6-8-16/h15-19H,2-14H2,1H3. The first-order chi connectivity index (χ1) is 9.83. The molecule has 0 amide bonds. The normalized spacial score (nSPS) is 35.2. The molecule has 0 radical (unpaired) electrons. The van der Waals surface area contributed by atoms with E-state index in [9.17, 15) is 0 Å².